The lowest BCUT2D eigenvalue weighted by atomic mass is 9.96. The Kier molecular flexibility index (Phi) is 5.45. The van der Waals surface area contributed by atoms with Crippen LogP contribution in [0.25, 0.3) is 0 Å². The van der Waals surface area contributed by atoms with Gasteiger partial charge in [-0.3, -0.25) is 4.79 Å². The summed E-state index contributed by atoms with van der Waals surface area (Å²) in [5.74, 6) is 0.147. The van der Waals surface area contributed by atoms with Crippen LogP contribution >= 0.6 is 0 Å². The Bertz CT molecular complexity index is 307. The first kappa shape index (κ1) is 14.6. The van der Waals surface area contributed by atoms with Gasteiger partial charge >= 0.3 is 0 Å². The number of Topliss-reactive ketones (excluding diaryl/α,β-unsaturated/α-hetero) is 1. The SMILES string of the molecule is CCNC(C)(C)C(=O)CCCS(C)(=O)=O. The molecule has 0 heterocycles. The molecule has 1 N–H and O–H groups in total. The summed E-state index contributed by atoms with van der Waals surface area (Å²) in [6, 6.07) is 0. The molecule has 0 aliphatic heterocycles. The van der Waals surface area contributed by atoms with Crippen LogP contribution in [-0.2, 0) is 14.6 Å². The zero-order valence-electron chi connectivity index (χ0n) is 9.96. The molecule has 0 aromatic carbocycles. The largest absolute Gasteiger partial charge is 0.306 e. The maximum absolute atomic E-state index is 11.7. The molecule has 0 aromatic heterocycles. The fourth-order valence-electron chi connectivity index (χ4n) is 1.35. The molecule has 90 valence electrons. The summed E-state index contributed by atoms with van der Waals surface area (Å²) >= 11 is 0. The van der Waals surface area contributed by atoms with Crippen LogP contribution in [0.3, 0.4) is 0 Å². The fourth-order valence-corrected chi connectivity index (χ4v) is 2.02. The van der Waals surface area contributed by atoms with Crippen molar-refractivity contribution in [1.82, 2.24) is 5.32 Å². The average molecular weight is 235 g/mol. The van der Waals surface area contributed by atoms with Gasteiger partial charge in [0.15, 0.2) is 5.78 Å². The van der Waals surface area contributed by atoms with Crippen LogP contribution in [0, 0.1) is 0 Å². The molecule has 0 aliphatic rings. The third-order valence-corrected chi connectivity index (χ3v) is 3.27. The van der Waals surface area contributed by atoms with Crippen LogP contribution in [0.2, 0.25) is 0 Å². The van der Waals surface area contributed by atoms with Gasteiger partial charge in [-0.15, -0.1) is 0 Å². The van der Waals surface area contributed by atoms with Crippen molar-refractivity contribution in [3.63, 3.8) is 0 Å². The van der Waals surface area contributed by atoms with Crippen LogP contribution in [0.4, 0.5) is 0 Å². The van der Waals surface area contributed by atoms with Gasteiger partial charge in [-0.05, 0) is 26.8 Å². The normalized spacial score (nSPS) is 12.8. The van der Waals surface area contributed by atoms with E-state index in [4.69, 9.17) is 0 Å². The molecule has 0 amide bonds. The van der Waals surface area contributed by atoms with E-state index >= 15 is 0 Å². The number of hydrogen-bond acceptors (Lipinski definition) is 4. The van der Waals surface area contributed by atoms with Crippen LogP contribution in [0.5, 0.6) is 0 Å². The molecule has 0 rings (SSSR count). The Morgan fingerprint density at radius 3 is 2.27 bits per heavy atom. The predicted octanol–water partition coefficient (Wildman–Crippen LogP) is 0.768. The van der Waals surface area contributed by atoms with Crippen molar-refractivity contribution in [2.75, 3.05) is 18.6 Å². The summed E-state index contributed by atoms with van der Waals surface area (Å²) in [7, 11) is -2.95. The van der Waals surface area contributed by atoms with Gasteiger partial charge in [0.25, 0.3) is 0 Å². The summed E-state index contributed by atoms with van der Waals surface area (Å²) in [5, 5.41) is 3.07. The van der Waals surface area contributed by atoms with Gasteiger partial charge < -0.3 is 5.32 Å². The zero-order chi connectivity index (χ0) is 12.1. The van der Waals surface area contributed by atoms with E-state index in [2.05, 4.69) is 5.32 Å². The quantitative estimate of drug-likeness (QED) is 0.708. The van der Waals surface area contributed by atoms with Gasteiger partial charge in [-0.2, -0.15) is 0 Å². The van der Waals surface area contributed by atoms with E-state index in [0.29, 0.717) is 12.8 Å². The highest BCUT2D eigenvalue weighted by Crippen LogP contribution is 2.09. The number of rotatable bonds is 7. The highest BCUT2D eigenvalue weighted by atomic mass is 32.2. The van der Waals surface area contributed by atoms with Crippen LogP contribution in [0.1, 0.15) is 33.6 Å². The zero-order valence-corrected chi connectivity index (χ0v) is 10.8. The summed E-state index contributed by atoms with van der Waals surface area (Å²) in [6.45, 7) is 6.30. The van der Waals surface area contributed by atoms with Crippen LogP contribution in [-0.4, -0.2) is 38.3 Å². The Hall–Kier alpha value is -0.420. The Morgan fingerprint density at radius 1 is 1.33 bits per heavy atom. The second kappa shape index (κ2) is 5.61. The third kappa shape index (κ3) is 6.62. The smallest absolute Gasteiger partial charge is 0.152 e. The lowest BCUT2D eigenvalue weighted by Gasteiger charge is -2.23. The number of sulfone groups is 1. The third-order valence-electron chi connectivity index (χ3n) is 2.23. The lowest BCUT2D eigenvalue weighted by molar-refractivity contribution is -0.124. The Morgan fingerprint density at radius 2 is 1.87 bits per heavy atom. The van der Waals surface area contributed by atoms with Gasteiger partial charge in [0.05, 0.1) is 11.3 Å². The molecule has 0 atom stereocenters. The molecule has 0 saturated heterocycles. The van der Waals surface area contributed by atoms with Crippen molar-refractivity contribution in [3.05, 3.63) is 0 Å². The average Bonchev–Trinajstić information content (AvgIpc) is 2.01. The van der Waals surface area contributed by atoms with Crippen molar-refractivity contribution in [2.24, 2.45) is 0 Å². The van der Waals surface area contributed by atoms with Crippen molar-refractivity contribution in [3.8, 4) is 0 Å². The summed E-state index contributed by atoms with van der Waals surface area (Å²) in [4.78, 5) is 11.7. The maximum atomic E-state index is 11.7. The van der Waals surface area contributed by atoms with Crippen molar-refractivity contribution in [1.29, 1.82) is 0 Å². The molecule has 0 unspecified atom stereocenters. The first-order chi connectivity index (χ1) is 6.69. The van der Waals surface area contributed by atoms with Gasteiger partial charge in [0, 0.05) is 12.7 Å². The standard InChI is InChI=1S/C10H21NO3S/c1-5-11-10(2,3)9(12)7-6-8-15(4,13)14/h11H,5-8H2,1-4H3. The predicted molar refractivity (Wildman–Crippen MR) is 61.7 cm³/mol. The molecule has 0 radical (unpaired) electrons. The molecule has 0 saturated carbocycles. The van der Waals surface area contributed by atoms with E-state index in [-0.39, 0.29) is 11.5 Å². The first-order valence-electron chi connectivity index (χ1n) is 5.15. The minimum Gasteiger partial charge on any atom is -0.306 e. The van der Waals surface area contributed by atoms with E-state index < -0.39 is 15.4 Å². The second-order valence-corrected chi connectivity index (χ2v) is 6.57. The summed E-state index contributed by atoms with van der Waals surface area (Å²) in [5.41, 5.74) is -0.549. The van der Waals surface area contributed by atoms with E-state index in [0.717, 1.165) is 6.54 Å². The molecule has 0 fully saturated rings. The number of carbonyl (C=O) groups is 1. The lowest BCUT2D eigenvalue weighted by Crippen LogP contribution is -2.46. The molecule has 0 bridgehead atoms. The van der Waals surface area contributed by atoms with E-state index in [9.17, 15) is 13.2 Å². The number of likely N-dealkylation sites (N-methyl/N-ethyl adjacent to an activating group) is 1. The highest BCUT2D eigenvalue weighted by Gasteiger charge is 2.25. The fraction of sp³-hybridized carbons (Fsp3) is 0.900. The maximum Gasteiger partial charge on any atom is 0.152 e. The van der Waals surface area contributed by atoms with Gasteiger partial charge in [-0.1, -0.05) is 6.92 Å². The Balaban J connectivity index is 4.04. The number of hydrogen-bond donors (Lipinski definition) is 1. The van der Waals surface area contributed by atoms with Crippen LogP contribution in [0.15, 0.2) is 0 Å². The molecular weight excluding hydrogens is 214 g/mol. The molecule has 15 heavy (non-hydrogen) atoms. The van der Waals surface area contributed by atoms with Crippen molar-refractivity contribution in [2.45, 2.75) is 39.2 Å². The Labute approximate surface area is 92.4 Å². The minimum atomic E-state index is -2.95. The molecule has 0 spiro atoms. The van der Waals surface area contributed by atoms with Crippen molar-refractivity contribution >= 4 is 15.6 Å². The second-order valence-electron chi connectivity index (χ2n) is 4.31. The topological polar surface area (TPSA) is 63.2 Å². The van der Waals surface area contributed by atoms with Crippen molar-refractivity contribution < 1.29 is 13.2 Å². The monoisotopic (exact) mass is 235 g/mol. The number of ketones is 1. The first-order valence-corrected chi connectivity index (χ1v) is 7.21. The van der Waals surface area contributed by atoms with Gasteiger partial charge in [0.1, 0.15) is 9.84 Å². The molecule has 4 nitrogen and oxygen atoms in total. The van der Waals surface area contributed by atoms with E-state index in [1.807, 2.05) is 20.8 Å². The van der Waals surface area contributed by atoms with E-state index in [1.54, 1.807) is 0 Å². The highest BCUT2D eigenvalue weighted by molar-refractivity contribution is 7.90. The molecule has 5 heteroatoms. The van der Waals surface area contributed by atoms with Crippen LogP contribution < -0.4 is 5.32 Å². The van der Waals surface area contributed by atoms with Gasteiger partial charge in [0.2, 0.25) is 0 Å². The molecule has 0 aliphatic carbocycles. The number of nitrogens with one attached hydrogen (secondary N) is 1. The minimum absolute atomic E-state index is 0.0630. The summed E-state index contributed by atoms with van der Waals surface area (Å²) < 4.78 is 21.7. The molecular formula is C10H21NO3S. The number of carbonyl (C=O) groups excluding carboxylic acids is 1. The summed E-state index contributed by atoms with van der Waals surface area (Å²) in [6.07, 6.45) is 1.91. The molecule has 0 aromatic rings. The van der Waals surface area contributed by atoms with Gasteiger partial charge in [-0.25, -0.2) is 8.42 Å². The van der Waals surface area contributed by atoms with E-state index in [1.165, 1.54) is 6.26 Å².